The number of sulfonamides is 1. The summed E-state index contributed by atoms with van der Waals surface area (Å²) in [6.07, 6.45) is 3.58. The Morgan fingerprint density at radius 3 is 2.61 bits per heavy atom. The maximum absolute atomic E-state index is 12.0. The highest BCUT2D eigenvalue weighted by atomic mass is 32.2. The lowest BCUT2D eigenvalue weighted by molar-refractivity contribution is 0.277. The number of hydrogen-bond donors (Lipinski definition) is 3. The summed E-state index contributed by atoms with van der Waals surface area (Å²) >= 11 is 0. The Morgan fingerprint density at radius 1 is 1.50 bits per heavy atom. The van der Waals surface area contributed by atoms with Gasteiger partial charge in [0.05, 0.1) is 11.5 Å². The Morgan fingerprint density at radius 2 is 2.17 bits per heavy atom. The molecule has 0 radical (unpaired) electrons. The molecule has 102 valence electrons. The Hall–Kier alpha value is -0.850. The van der Waals surface area contributed by atoms with Gasteiger partial charge < -0.3 is 10.1 Å². The minimum absolute atomic E-state index is 0.142. The fraction of sp³-hybridized carbons (Fsp3) is 0.667. The van der Waals surface area contributed by atoms with Gasteiger partial charge in [-0.2, -0.15) is 0 Å². The predicted octanol–water partition coefficient (Wildman–Crippen LogP) is 1.22. The zero-order chi connectivity index (χ0) is 13.4. The molecule has 1 saturated carbocycles. The monoisotopic (exact) mass is 272 g/mol. The molecule has 0 aromatic carbocycles. The highest BCUT2D eigenvalue weighted by molar-refractivity contribution is 7.89. The van der Waals surface area contributed by atoms with Crippen LogP contribution in [0.1, 0.15) is 32.4 Å². The third kappa shape index (κ3) is 2.60. The molecule has 0 saturated heterocycles. The average molecular weight is 272 g/mol. The lowest BCUT2D eigenvalue weighted by atomic mass is 9.93. The van der Waals surface area contributed by atoms with Crippen LogP contribution in [0.25, 0.3) is 0 Å². The molecule has 1 aliphatic rings. The van der Waals surface area contributed by atoms with Crippen LogP contribution in [-0.4, -0.2) is 25.1 Å². The normalized spacial score (nSPS) is 18.2. The quantitative estimate of drug-likeness (QED) is 0.728. The van der Waals surface area contributed by atoms with Crippen molar-refractivity contribution in [2.24, 2.45) is 11.3 Å². The SMILES string of the molecule is CC(C)C1(CNS(=O)(=O)c2c[nH]c(CO)c2)CC1. The lowest BCUT2D eigenvalue weighted by Gasteiger charge is -2.19. The van der Waals surface area contributed by atoms with Crippen molar-refractivity contribution < 1.29 is 13.5 Å². The van der Waals surface area contributed by atoms with Crippen molar-refractivity contribution in [2.45, 2.75) is 38.2 Å². The van der Waals surface area contributed by atoms with E-state index in [1.54, 1.807) is 0 Å². The minimum atomic E-state index is -3.47. The van der Waals surface area contributed by atoms with Crippen LogP contribution in [0.5, 0.6) is 0 Å². The Bertz CT molecular complexity index is 515. The molecule has 1 aliphatic carbocycles. The summed E-state index contributed by atoms with van der Waals surface area (Å²) < 4.78 is 26.8. The number of aliphatic hydroxyl groups excluding tert-OH is 1. The van der Waals surface area contributed by atoms with Crippen LogP contribution in [0.3, 0.4) is 0 Å². The van der Waals surface area contributed by atoms with Crippen LogP contribution in [0.4, 0.5) is 0 Å². The molecular formula is C12H20N2O3S. The van der Waals surface area contributed by atoms with Crippen LogP contribution >= 0.6 is 0 Å². The molecule has 0 atom stereocenters. The van der Waals surface area contributed by atoms with Gasteiger partial charge in [-0.3, -0.25) is 0 Å². The highest BCUT2D eigenvalue weighted by Gasteiger charge is 2.45. The summed E-state index contributed by atoms with van der Waals surface area (Å²) in [7, 11) is -3.47. The molecule has 1 aromatic heterocycles. The number of hydrogen-bond acceptors (Lipinski definition) is 3. The van der Waals surface area contributed by atoms with Crippen molar-refractivity contribution in [1.82, 2.24) is 9.71 Å². The van der Waals surface area contributed by atoms with Gasteiger partial charge in [-0.05, 0) is 30.2 Å². The van der Waals surface area contributed by atoms with Gasteiger partial charge in [0.1, 0.15) is 0 Å². The molecule has 0 bridgehead atoms. The highest BCUT2D eigenvalue weighted by Crippen LogP contribution is 2.51. The molecule has 3 N–H and O–H groups in total. The number of nitrogens with one attached hydrogen (secondary N) is 2. The summed E-state index contributed by atoms with van der Waals surface area (Å²) in [6.45, 7) is 4.56. The van der Waals surface area contributed by atoms with Gasteiger partial charge in [-0.25, -0.2) is 13.1 Å². The summed E-state index contributed by atoms with van der Waals surface area (Å²) in [6, 6.07) is 1.46. The van der Waals surface area contributed by atoms with Crippen molar-refractivity contribution in [3.05, 3.63) is 18.0 Å². The largest absolute Gasteiger partial charge is 0.390 e. The second kappa shape index (κ2) is 4.68. The molecule has 5 nitrogen and oxygen atoms in total. The third-order valence-electron chi connectivity index (χ3n) is 3.93. The van der Waals surface area contributed by atoms with Gasteiger partial charge in [-0.15, -0.1) is 0 Å². The van der Waals surface area contributed by atoms with E-state index < -0.39 is 10.0 Å². The molecule has 0 aliphatic heterocycles. The lowest BCUT2D eigenvalue weighted by Crippen LogP contribution is -2.32. The summed E-state index contributed by atoms with van der Waals surface area (Å²) in [5.41, 5.74) is 0.642. The summed E-state index contributed by atoms with van der Waals surface area (Å²) in [4.78, 5) is 2.91. The van der Waals surface area contributed by atoms with E-state index in [1.807, 2.05) is 0 Å². The first-order chi connectivity index (χ1) is 8.39. The van der Waals surface area contributed by atoms with Gasteiger partial charge in [0.2, 0.25) is 10.0 Å². The van der Waals surface area contributed by atoms with Crippen LogP contribution in [-0.2, 0) is 16.6 Å². The first kappa shape index (κ1) is 13.6. The van der Waals surface area contributed by atoms with Gasteiger partial charge in [0.15, 0.2) is 0 Å². The number of H-pyrrole nitrogens is 1. The first-order valence-electron chi connectivity index (χ1n) is 6.17. The van der Waals surface area contributed by atoms with E-state index in [4.69, 9.17) is 5.11 Å². The van der Waals surface area contributed by atoms with Crippen LogP contribution in [0.15, 0.2) is 17.2 Å². The fourth-order valence-electron chi connectivity index (χ4n) is 2.11. The van der Waals surface area contributed by atoms with Crippen LogP contribution in [0.2, 0.25) is 0 Å². The van der Waals surface area contributed by atoms with Gasteiger partial charge in [0.25, 0.3) is 0 Å². The smallest absolute Gasteiger partial charge is 0.242 e. The molecule has 0 unspecified atom stereocenters. The van der Waals surface area contributed by atoms with Crippen LogP contribution in [0, 0.1) is 11.3 Å². The van der Waals surface area contributed by atoms with E-state index in [0.29, 0.717) is 18.2 Å². The van der Waals surface area contributed by atoms with Crippen molar-refractivity contribution in [3.8, 4) is 0 Å². The standard InChI is InChI=1S/C12H20N2O3S/c1-9(2)12(3-4-12)8-14-18(16,17)11-5-10(7-15)13-6-11/h5-6,9,13-15H,3-4,7-8H2,1-2H3. The molecule has 0 spiro atoms. The Labute approximate surface area is 108 Å². The molecule has 2 rings (SSSR count). The summed E-state index contributed by atoms with van der Waals surface area (Å²) in [5.74, 6) is 0.486. The first-order valence-corrected chi connectivity index (χ1v) is 7.66. The fourth-order valence-corrected chi connectivity index (χ4v) is 3.26. The van der Waals surface area contributed by atoms with E-state index in [9.17, 15) is 8.42 Å². The number of aromatic amines is 1. The van der Waals surface area contributed by atoms with Crippen molar-refractivity contribution in [3.63, 3.8) is 0 Å². The zero-order valence-electron chi connectivity index (χ0n) is 10.7. The second-order valence-corrected chi connectivity index (χ2v) is 7.13. The van der Waals surface area contributed by atoms with Crippen molar-refractivity contribution in [1.29, 1.82) is 0 Å². The molecule has 1 heterocycles. The molecule has 18 heavy (non-hydrogen) atoms. The average Bonchev–Trinajstić information content (AvgIpc) is 2.96. The summed E-state index contributed by atoms with van der Waals surface area (Å²) in [5, 5.41) is 8.91. The minimum Gasteiger partial charge on any atom is -0.390 e. The second-order valence-electron chi connectivity index (χ2n) is 5.36. The van der Waals surface area contributed by atoms with Gasteiger partial charge in [-0.1, -0.05) is 13.8 Å². The van der Waals surface area contributed by atoms with Crippen LogP contribution < -0.4 is 4.72 Å². The third-order valence-corrected chi connectivity index (χ3v) is 5.31. The van der Waals surface area contributed by atoms with E-state index >= 15 is 0 Å². The van der Waals surface area contributed by atoms with Crippen molar-refractivity contribution in [2.75, 3.05) is 6.54 Å². The molecule has 0 amide bonds. The molecular weight excluding hydrogens is 252 g/mol. The van der Waals surface area contributed by atoms with Gasteiger partial charge in [0, 0.05) is 18.4 Å². The Balaban J connectivity index is 2.04. The van der Waals surface area contributed by atoms with Gasteiger partial charge >= 0.3 is 0 Å². The molecule has 1 aromatic rings. The predicted molar refractivity (Wildman–Crippen MR) is 68.4 cm³/mol. The number of aliphatic hydroxyl groups is 1. The maximum Gasteiger partial charge on any atom is 0.242 e. The molecule has 1 fully saturated rings. The topological polar surface area (TPSA) is 82.2 Å². The van der Waals surface area contributed by atoms with E-state index in [2.05, 4.69) is 23.6 Å². The number of aromatic nitrogens is 1. The van der Waals surface area contributed by atoms with E-state index in [0.717, 1.165) is 12.8 Å². The van der Waals surface area contributed by atoms with E-state index in [-0.39, 0.29) is 16.9 Å². The number of rotatable bonds is 6. The Kier molecular flexibility index (Phi) is 3.53. The maximum atomic E-state index is 12.0. The van der Waals surface area contributed by atoms with E-state index in [1.165, 1.54) is 12.3 Å². The molecule has 6 heteroatoms. The van der Waals surface area contributed by atoms with Crippen molar-refractivity contribution >= 4 is 10.0 Å². The zero-order valence-corrected chi connectivity index (χ0v) is 11.5.